The molecular weight excluding hydrogens is 600 g/mol. The van der Waals surface area contributed by atoms with Gasteiger partial charge in [-0.2, -0.15) is 0 Å². The van der Waals surface area contributed by atoms with Crippen LogP contribution in [0.5, 0.6) is 0 Å². The van der Waals surface area contributed by atoms with Crippen molar-refractivity contribution in [3.8, 4) is 0 Å². The van der Waals surface area contributed by atoms with Gasteiger partial charge in [0.15, 0.2) is 0 Å². The van der Waals surface area contributed by atoms with Crippen molar-refractivity contribution in [2.24, 2.45) is 0 Å². The molecule has 0 bridgehead atoms. The lowest BCUT2D eigenvalue weighted by molar-refractivity contribution is -0.144. The van der Waals surface area contributed by atoms with Crippen LogP contribution in [0.15, 0.2) is 36.4 Å². The van der Waals surface area contributed by atoms with E-state index in [0.29, 0.717) is 0 Å². The SMILES string of the molecule is CCc1cccc(CC)c1NC(=O)CN(CC(=O)O)CC(=O)O.CCc1cccc(CC)c1NC(=O)CN(CC(=O)O)CC(=O)O. The first kappa shape index (κ1) is 39.2. The molecule has 0 aliphatic rings. The minimum absolute atomic E-state index is 0.292. The molecule has 0 heterocycles. The van der Waals surface area contributed by atoms with Gasteiger partial charge in [0.25, 0.3) is 0 Å². The summed E-state index contributed by atoms with van der Waals surface area (Å²) < 4.78 is 0. The van der Waals surface area contributed by atoms with Crippen molar-refractivity contribution in [3.63, 3.8) is 0 Å². The minimum Gasteiger partial charge on any atom is -0.480 e. The zero-order valence-electron chi connectivity index (χ0n) is 26.7. The lowest BCUT2D eigenvalue weighted by Crippen LogP contribution is -2.40. The van der Waals surface area contributed by atoms with E-state index in [-0.39, 0.29) is 13.1 Å². The molecule has 0 saturated carbocycles. The minimum atomic E-state index is -1.18. The summed E-state index contributed by atoms with van der Waals surface area (Å²) in [4.78, 5) is 69.6. The maximum Gasteiger partial charge on any atom is 0.317 e. The first-order valence-corrected chi connectivity index (χ1v) is 14.9. The highest BCUT2D eigenvalue weighted by Gasteiger charge is 2.20. The molecule has 2 amide bonds. The number of nitrogens with one attached hydrogen (secondary N) is 2. The Morgan fingerprint density at radius 1 is 0.478 bits per heavy atom. The molecule has 6 N–H and O–H groups in total. The van der Waals surface area contributed by atoms with E-state index in [4.69, 9.17) is 20.4 Å². The summed E-state index contributed by atoms with van der Waals surface area (Å²) in [7, 11) is 0. The Kier molecular flexibility index (Phi) is 17.3. The lowest BCUT2D eigenvalue weighted by atomic mass is 10.0. The Morgan fingerprint density at radius 2 is 0.717 bits per heavy atom. The molecular formula is C32H44N4O10. The molecule has 252 valence electrons. The van der Waals surface area contributed by atoms with Crippen LogP contribution in [0.3, 0.4) is 0 Å². The summed E-state index contributed by atoms with van der Waals surface area (Å²) in [6.45, 7) is 5.31. The number of anilines is 2. The van der Waals surface area contributed by atoms with E-state index in [9.17, 15) is 28.8 Å². The number of hydrogen-bond donors (Lipinski definition) is 6. The van der Waals surface area contributed by atoms with Gasteiger partial charge in [0.05, 0.1) is 39.3 Å². The summed E-state index contributed by atoms with van der Waals surface area (Å²) in [6, 6.07) is 11.5. The van der Waals surface area contributed by atoms with Crippen LogP contribution in [0.2, 0.25) is 0 Å². The number of carbonyl (C=O) groups is 6. The highest BCUT2D eigenvalue weighted by Crippen LogP contribution is 2.23. The van der Waals surface area contributed by atoms with Crippen LogP contribution in [-0.2, 0) is 54.5 Å². The van der Waals surface area contributed by atoms with Gasteiger partial charge < -0.3 is 31.1 Å². The third-order valence-electron chi connectivity index (χ3n) is 6.70. The van der Waals surface area contributed by atoms with E-state index < -0.39 is 61.9 Å². The third-order valence-corrected chi connectivity index (χ3v) is 6.70. The van der Waals surface area contributed by atoms with Crippen LogP contribution in [0.1, 0.15) is 49.9 Å². The van der Waals surface area contributed by atoms with E-state index in [2.05, 4.69) is 10.6 Å². The van der Waals surface area contributed by atoms with Gasteiger partial charge in [-0.1, -0.05) is 64.1 Å². The third kappa shape index (κ3) is 14.3. The summed E-state index contributed by atoms with van der Waals surface area (Å²) in [5, 5.41) is 40.8. The average Bonchev–Trinajstić information content (AvgIpc) is 2.96. The molecule has 46 heavy (non-hydrogen) atoms. The van der Waals surface area contributed by atoms with Gasteiger partial charge in [0.2, 0.25) is 11.8 Å². The van der Waals surface area contributed by atoms with Gasteiger partial charge in [0, 0.05) is 11.4 Å². The van der Waals surface area contributed by atoms with Gasteiger partial charge in [-0.3, -0.25) is 38.6 Å². The Bertz CT molecular complexity index is 1200. The number of rotatable bonds is 18. The van der Waals surface area contributed by atoms with Crippen molar-refractivity contribution in [2.75, 3.05) is 49.9 Å². The number of carboxylic acid groups (broad SMARTS) is 4. The summed E-state index contributed by atoms with van der Waals surface area (Å²) in [5.74, 6) is -5.57. The smallest absolute Gasteiger partial charge is 0.317 e. The van der Waals surface area contributed by atoms with Crippen LogP contribution < -0.4 is 10.6 Å². The first-order valence-electron chi connectivity index (χ1n) is 14.9. The molecule has 2 rings (SSSR count). The summed E-state index contributed by atoms with van der Waals surface area (Å²) >= 11 is 0. The lowest BCUT2D eigenvalue weighted by Gasteiger charge is -2.19. The topological polar surface area (TPSA) is 214 Å². The van der Waals surface area contributed by atoms with E-state index in [1.54, 1.807) is 0 Å². The predicted octanol–water partition coefficient (Wildman–Crippen LogP) is 2.44. The zero-order chi connectivity index (χ0) is 34.8. The normalized spacial score (nSPS) is 10.6. The highest BCUT2D eigenvalue weighted by molar-refractivity contribution is 5.95. The Morgan fingerprint density at radius 3 is 0.913 bits per heavy atom. The van der Waals surface area contributed by atoms with Crippen LogP contribution in [-0.4, -0.2) is 105 Å². The molecule has 14 nitrogen and oxygen atoms in total. The summed E-state index contributed by atoms with van der Waals surface area (Å²) in [6.07, 6.45) is 2.99. The largest absolute Gasteiger partial charge is 0.480 e. The average molecular weight is 645 g/mol. The quantitative estimate of drug-likeness (QED) is 0.138. The van der Waals surface area contributed by atoms with Gasteiger partial charge >= 0.3 is 23.9 Å². The zero-order valence-corrected chi connectivity index (χ0v) is 26.7. The van der Waals surface area contributed by atoms with Gasteiger partial charge in [0.1, 0.15) is 0 Å². The van der Waals surface area contributed by atoms with E-state index in [0.717, 1.165) is 69.1 Å². The van der Waals surface area contributed by atoms with Crippen molar-refractivity contribution in [2.45, 2.75) is 53.4 Å². The standard InChI is InChI=1S/2C16H22N2O5/c2*1-3-11-6-5-7-12(4-2)16(11)17-13(19)8-18(9-14(20)21)10-15(22)23/h2*5-7H,3-4,8-10H2,1-2H3,(H,17,19)(H,20,21)(H,22,23). The number of hydrogen-bond acceptors (Lipinski definition) is 8. The van der Waals surface area contributed by atoms with E-state index >= 15 is 0 Å². The number of amides is 2. The Hall–Kier alpha value is -4.82. The number of carboxylic acids is 4. The molecule has 0 aromatic heterocycles. The van der Waals surface area contributed by atoms with Gasteiger partial charge in [-0.05, 0) is 47.9 Å². The van der Waals surface area contributed by atoms with Crippen molar-refractivity contribution < 1.29 is 49.2 Å². The van der Waals surface area contributed by atoms with Crippen LogP contribution in [0, 0.1) is 0 Å². The van der Waals surface area contributed by atoms with Crippen molar-refractivity contribution in [1.82, 2.24) is 9.80 Å². The Balaban J connectivity index is 0.000000460. The molecule has 0 fully saturated rings. The van der Waals surface area contributed by atoms with Crippen molar-refractivity contribution >= 4 is 47.1 Å². The fraction of sp³-hybridized carbons (Fsp3) is 0.438. The van der Waals surface area contributed by atoms with Crippen LogP contribution in [0.4, 0.5) is 11.4 Å². The fourth-order valence-corrected chi connectivity index (χ4v) is 4.67. The molecule has 14 heteroatoms. The fourth-order valence-electron chi connectivity index (χ4n) is 4.67. The van der Waals surface area contributed by atoms with Crippen LogP contribution >= 0.6 is 0 Å². The molecule has 0 unspecified atom stereocenters. The van der Waals surface area contributed by atoms with Crippen LogP contribution in [0.25, 0.3) is 0 Å². The molecule has 0 radical (unpaired) electrons. The first-order chi connectivity index (χ1) is 21.7. The number of nitrogens with zero attached hydrogens (tertiary/aromatic N) is 2. The Labute approximate surface area is 268 Å². The highest BCUT2D eigenvalue weighted by atomic mass is 16.4. The molecule has 0 saturated heterocycles. The second-order valence-corrected chi connectivity index (χ2v) is 10.3. The van der Waals surface area contributed by atoms with E-state index in [1.165, 1.54) is 0 Å². The molecule has 0 atom stereocenters. The number of aryl methyl sites for hydroxylation is 4. The van der Waals surface area contributed by atoms with Gasteiger partial charge in [-0.15, -0.1) is 0 Å². The summed E-state index contributed by atoms with van der Waals surface area (Å²) in [5.41, 5.74) is 5.41. The molecule has 0 spiro atoms. The predicted molar refractivity (Wildman–Crippen MR) is 171 cm³/mol. The second kappa shape index (κ2) is 20.3. The second-order valence-electron chi connectivity index (χ2n) is 10.3. The molecule has 2 aromatic rings. The van der Waals surface area contributed by atoms with E-state index in [1.807, 2.05) is 64.1 Å². The molecule has 2 aromatic carbocycles. The number of aliphatic carboxylic acids is 4. The van der Waals surface area contributed by atoms with Crippen molar-refractivity contribution in [3.05, 3.63) is 58.7 Å². The maximum atomic E-state index is 12.2. The number of para-hydroxylation sites is 2. The monoisotopic (exact) mass is 644 g/mol. The maximum absolute atomic E-state index is 12.2. The number of carbonyl (C=O) groups excluding carboxylic acids is 2. The van der Waals surface area contributed by atoms with Crippen molar-refractivity contribution in [1.29, 1.82) is 0 Å². The molecule has 0 aliphatic heterocycles. The molecule has 0 aliphatic carbocycles. The number of benzene rings is 2. The van der Waals surface area contributed by atoms with Gasteiger partial charge in [-0.25, -0.2) is 0 Å².